The van der Waals surface area contributed by atoms with Gasteiger partial charge < -0.3 is 14.2 Å². The Kier molecular flexibility index (Phi) is 6.87. The molecule has 2 aromatic heterocycles. The number of fused-ring (bicyclic) bond motifs is 2. The second kappa shape index (κ2) is 10.5. The Balaban J connectivity index is 1.10. The molecule has 3 aliphatic heterocycles. The number of benzene rings is 1. The number of rotatable bonds is 6. The van der Waals surface area contributed by atoms with Gasteiger partial charge in [0.15, 0.2) is 11.4 Å². The van der Waals surface area contributed by atoms with E-state index in [0.717, 1.165) is 48.5 Å². The molecule has 7 heteroatoms. The summed E-state index contributed by atoms with van der Waals surface area (Å²) in [6.45, 7) is 8.18. The van der Waals surface area contributed by atoms with Crippen LogP contribution in [-0.2, 0) is 13.2 Å². The first-order chi connectivity index (χ1) is 17.3. The number of piperidine rings is 1. The van der Waals surface area contributed by atoms with Crippen molar-refractivity contribution in [3.63, 3.8) is 0 Å². The summed E-state index contributed by atoms with van der Waals surface area (Å²) in [5, 5.41) is 5.58. The molecule has 3 saturated heterocycles. The molecule has 3 fully saturated rings. The molecule has 186 valence electrons. The van der Waals surface area contributed by atoms with Gasteiger partial charge in [-0.1, -0.05) is 42.6 Å². The van der Waals surface area contributed by atoms with Crippen molar-refractivity contribution in [2.75, 3.05) is 44.2 Å². The van der Waals surface area contributed by atoms with E-state index in [4.69, 9.17) is 9.26 Å². The number of piperazine rings is 1. The van der Waals surface area contributed by atoms with Gasteiger partial charge in [0.05, 0.1) is 5.39 Å². The predicted molar refractivity (Wildman–Crippen MR) is 138 cm³/mol. The number of ether oxygens (including phenoxy) is 1. The molecule has 0 bridgehead atoms. The molecular weight excluding hydrogens is 438 g/mol. The van der Waals surface area contributed by atoms with E-state index >= 15 is 0 Å². The molecule has 1 aromatic carbocycles. The van der Waals surface area contributed by atoms with Gasteiger partial charge in [-0.15, -0.1) is 0 Å². The van der Waals surface area contributed by atoms with Gasteiger partial charge in [-0.3, -0.25) is 9.80 Å². The molecule has 35 heavy (non-hydrogen) atoms. The third-order valence-electron chi connectivity index (χ3n) is 7.98. The number of pyridine rings is 1. The van der Waals surface area contributed by atoms with Gasteiger partial charge in [0.1, 0.15) is 6.61 Å². The van der Waals surface area contributed by atoms with Crippen LogP contribution in [0, 0.1) is 0 Å². The molecule has 6 rings (SSSR count). The monoisotopic (exact) mass is 475 g/mol. The molecule has 0 radical (unpaired) electrons. The summed E-state index contributed by atoms with van der Waals surface area (Å²) in [6.07, 6.45) is 11.2. The molecule has 0 N–H and O–H groups in total. The van der Waals surface area contributed by atoms with Crippen LogP contribution in [0.5, 0.6) is 5.88 Å². The summed E-state index contributed by atoms with van der Waals surface area (Å²) in [7, 11) is 0. The summed E-state index contributed by atoms with van der Waals surface area (Å²) in [4.78, 5) is 12.2. The van der Waals surface area contributed by atoms with E-state index in [1.807, 2.05) is 12.3 Å². The van der Waals surface area contributed by atoms with Gasteiger partial charge in [-0.25, -0.2) is 4.98 Å². The number of hydrogen-bond donors (Lipinski definition) is 0. The molecule has 7 nitrogen and oxygen atoms in total. The van der Waals surface area contributed by atoms with Crippen molar-refractivity contribution < 1.29 is 9.26 Å². The third kappa shape index (κ3) is 5.16. The van der Waals surface area contributed by atoms with Crippen LogP contribution >= 0.6 is 0 Å². The van der Waals surface area contributed by atoms with Crippen LogP contribution in [0.25, 0.3) is 11.0 Å². The average molecular weight is 476 g/mol. The predicted octanol–water partition coefficient (Wildman–Crippen LogP) is 4.85. The molecule has 3 aliphatic rings. The van der Waals surface area contributed by atoms with Crippen LogP contribution in [-0.4, -0.2) is 65.3 Å². The van der Waals surface area contributed by atoms with Gasteiger partial charge in [-0.2, -0.15) is 0 Å². The van der Waals surface area contributed by atoms with E-state index in [9.17, 15) is 0 Å². The van der Waals surface area contributed by atoms with Gasteiger partial charge in [0.2, 0.25) is 5.88 Å². The average Bonchev–Trinajstić information content (AvgIpc) is 3.18. The zero-order valence-corrected chi connectivity index (χ0v) is 20.7. The van der Waals surface area contributed by atoms with Crippen molar-refractivity contribution in [2.24, 2.45) is 0 Å². The maximum Gasteiger partial charge on any atom is 0.213 e. The number of para-hydroxylation sites is 1. The van der Waals surface area contributed by atoms with Gasteiger partial charge in [0.25, 0.3) is 0 Å². The minimum Gasteiger partial charge on any atom is -0.473 e. The zero-order valence-electron chi connectivity index (χ0n) is 20.7. The zero-order chi connectivity index (χ0) is 23.5. The molecule has 0 saturated carbocycles. The number of hydrogen-bond acceptors (Lipinski definition) is 7. The highest BCUT2D eigenvalue weighted by atomic mass is 16.5. The smallest absolute Gasteiger partial charge is 0.213 e. The molecule has 0 aliphatic carbocycles. The van der Waals surface area contributed by atoms with E-state index in [-0.39, 0.29) is 0 Å². The van der Waals surface area contributed by atoms with Crippen LogP contribution in [0.3, 0.4) is 0 Å². The molecule has 3 aromatic rings. The Morgan fingerprint density at radius 2 is 1.80 bits per heavy atom. The summed E-state index contributed by atoms with van der Waals surface area (Å²) < 4.78 is 11.9. The first kappa shape index (κ1) is 22.8. The Labute approximate surface area is 208 Å². The van der Waals surface area contributed by atoms with Crippen molar-refractivity contribution in [3.05, 3.63) is 47.7 Å². The van der Waals surface area contributed by atoms with Crippen molar-refractivity contribution in [1.82, 2.24) is 19.9 Å². The molecular formula is C28H37N5O2. The van der Waals surface area contributed by atoms with Crippen LogP contribution in [0.2, 0.25) is 0 Å². The first-order valence-corrected chi connectivity index (χ1v) is 13.5. The topological polar surface area (TPSA) is 57.9 Å². The largest absolute Gasteiger partial charge is 0.473 e. The lowest BCUT2D eigenvalue weighted by Gasteiger charge is -2.44. The summed E-state index contributed by atoms with van der Waals surface area (Å²) in [6, 6.07) is 11.0. The maximum atomic E-state index is 6.06. The van der Waals surface area contributed by atoms with Gasteiger partial charge in [-0.05, 0) is 56.9 Å². The van der Waals surface area contributed by atoms with Crippen molar-refractivity contribution >= 4 is 16.8 Å². The van der Waals surface area contributed by atoms with Gasteiger partial charge >= 0.3 is 0 Å². The fraction of sp³-hybridized carbons (Fsp3) is 0.571. The molecule has 0 spiro atoms. The van der Waals surface area contributed by atoms with E-state index < -0.39 is 0 Å². The Bertz CT molecular complexity index is 1110. The Morgan fingerprint density at radius 3 is 2.66 bits per heavy atom. The highest BCUT2D eigenvalue weighted by Gasteiger charge is 2.31. The fourth-order valence-corrected chi connectivity index (χ4v) is 5.99. The standard InChI is InChI=1S/C28H37N5O2/c1-2-5-14-31(13-4-1)19-22-11-12-26(29-18-22)34-21-23-8-7-10-25-27(23)35-30-28(25)33-17-16-32-15-6-3-9-24(32)20-33/h7-8,10-12,18,24H,1-6,9,13-17,19-21H2. The lowest BCUT2D eigenvalue weighted by molar-refractivity contribution is 0.133. The van der Waals surface area contributed by atoms with Crippen molar-refractivity contribution in [3.8, 4) is 5.88 Å². The van der Waals surface area contributed by atoms with Crippen LogP contribution < -0.4 is 9.64 Å². The maximum absolute atomic E-state index is 6.06. The normalized spacial score (nSPS) is 22.2. The highest BCUT2D eigenvalue weighted by Crippen LogP contribution is 2.32. The Hall–Kier alpha value is -2.64. The van der Waals surface area contributed by atoms with Crippen LogP contribution in [0.15, 0.2) is 41.1 Å². The highest BCUT2D eigenvalue weighted by molar-refractivity contribution is 5.90. The van der Waals surface area contributed by atoms with Gasteiger partial charge in [0, 0.05) is 50.0 Å². The van der Waals surface area contributed by atoms with E-state index in [1.165, 1.54) is 70.1 Å². The molecule has 5 heterocycles. The number of anilines is 1. The first-order valence-electron chi connectivity index (χ1n) is 13.5. The van der Waals surface area contributed by atoms with E-state index in [2.05, 4.69) is 49.1 Å². The quantitative estimate of drug-likeness (QED) is 0.505. The third-order valence-corrected chi connectivity index (χ3v) is 7.98. The Morgan fingerprint density at radius 1 is 0.914 bits per heavy atom. The van der Waals surface area contributed by atoms with Crippen LogP contribution in [0.4, 0.5) is 5.82 Å². The second-order valence-electron chi connectivity index (χ2n) is 10.4. The summed E-state index contributed by atoms with van der Waals surface area (Å²) in [5.41, 5.74) is 3.08. The number of likely N-dealkylation sites (tertiary alicyclic amines) is 1. The van der Waals surface area contributed by atoms with E-state index in [1.54, 1.807) is 0 Å². The van der Waals surface area contributed by atoms with Crippen molar-refractivity contribution in [1.29, 1.82) is 0 Å². The number of nitrogens with zero attached hydrogens (tertiary/aromatic N) is 5. The minimum absolute atomic E-state index is 0.418. The van der Waals surface area contributed by atoms with E-state index in [0.29, 0.717) is 18.5 Å². The lowest BCUT2D eigenvalue weighted by Crippen LogP contribution is -2.55. The summed E-state index contributed by atoms with van der Waals surface area (Å²) in [5.74, 6) is 1.62. The number of aromatic nitrogens is 2. The molecule has 1 unspecified atom stereocenters. The fourth-order valence-electron chi connectivity index (χ4n) is 5.99. The minimum atomic E-state index is 0.418. The molecule has 0 amide bonds. The lowest BCUT2D eigenvalue weighted by atomic mass is 9.99. The summed E-state index contributed by atoms with van der Waals surface area (Å²) >= 11 is 0. The second-order valence-corrected chi connectivity index (χ2v) is 10.4. The SMILES string of the molecule is c1cc(COc2ccc(CN3CCCCCC3)cn2)c2onc(N3CCN4CCCCC4C3)c2c1. The molecule has 1 atom stereocenters. The van der Waals surface area contributed by atoms with Crippen LogP contribution in [0.1, 0.15) is 56.1 Å². The van der Waals surface area contributed by atoms with Crippen molar-refractivity contribution in [2.45, 2.75) is 64.1 Å².